The molecule has 2 fully saturated rings. The second kappa shape index (κ2) is 5.71. The molecule has 0 unspecified atom stereocenters. The monoisotopic (exact) mass is 352 g/mol. The molecule has 2 saturated heterocycles. The fourth-order valence-corrected chi connectivity index (χ4v) is 3.03. The van der Waals surface area contributed by atoms with E-state index >= 15 is 0 Å². The van der Waals surface area contributed by atoms with Crippen molar-refractivity contribution in [2.75, 3.05) is 29.4 Å². The van der Waals surface area contributed by atoms with Crippen molar-refractivity contribution in [1.29, 1.82) is 0 Å². The first-order chi connectivity index (χ1) is 11.9. The normalized spacial score (nSPS) is 18.8. The van der Waals surface area contributed by atoms with E-state index in [1.807, 2.05) is 0 Å². The van der Waals surface area contributed by atoms with Crippen molar-refractivity contribution in [3.05, 3.63) is 30.4 Å². The summed E-state index contributed by atoms with van der Waals surface area (Å²) >= 11 is 0. The van der Waals surface area contributed by atoms with E-state index in [1.54, 1.807) is 26.9 Å². The first kappa shape index (κ1) is 15.9. The van der Waals surface area contributed by atoms with E-state index in [9.17, 15) is 18.0 Å². The number of halogens is 3. The molecule has 0 bridgehead atoms. The number of carbonyl (C=O) groups is 1. The van der Waals surface area contributed by atoms with Crippen LogP contribution in [0.2, 0.25) is 0 Å². The third-order valence-corrected chi connectivity index (χ3v) is 4.43. The van der Waals surface area contributed by atoms with Gasteiger partial charge in [-0.25, -0.2) is 9.97 Å². The number of amides is 1. The summed E-state index contributed by atoms with van der Waals surface area (Å²) in [6.45, 7) is 1.63. The van der Waals surface area contributed by atoms with Crippen LogP contribution < -0.4 is 9.80 Å². The summed E-state index contributed by atoms with van der Waals surface area (Å²) in [5.74, 6) is 0.153. The molecular formula is C15H15F3N6O. The van der Waals surface area contributed by atoms with Crippen molar-refractivity contribution in [3.8, 4) is 0 Å². The summed E-state index contributed by atoms with van der Waals surface area (Å²) in [7, 11) is 0. The Balaban J connectivity index is 1.43. The molecule has 2 aromatic heterocycles. The van der Waals surface area contributed by atoms with Crippen molar-refractivity contribution in [2.45, 2.75) is 25.1 Å². The highest BCUT2D eigenvalue weighted by molar-refractivity contribution is 5.95. The fourth-order valence-electron chi connectivity index (χ4n) is 3.03. The molecule has 0 aliphatic carbocycles. The largest absolute Gasteiger partial charge is 0.433 e. The third-order valence-electron chi connectivity index (χ3n) is 4.43. The topological polar surface area (TPSA) is 67.2 Å². The number of hydrogen-bond donors (Lipinski definition) is 0. The Morgan fingerprint density at radius 3 is 2.72 bits per heavy atom. The van der Waals surface area contributed by atoms with Gasteiger partial charge in [-0.05, 0) is 12.5 Å². The molecule has 0 aromatic carbocycles. The maximum absolute atomic E-state index is 12.7. The summed E-state index contributed by atoms with van der Waals surface area (Å²) in [6.07, 6.45) is 1.47. The lowest BCUT2D eigenvalue weighted by Gasteiger charge is -2.39. The first-order valence-corrected chi connectivity index (χ1v) is 7.91. The van der Waals surface area contributed by atoms with E-state index in [0.717, 1.165) is 24.4 Å². The van der Waals surface area contributed by atoms with Gasteiger partial charge in [0.2, 0.25) is 11.9 Å². The first-order valence-electron chi connectivity index (χ1n) is 7.91. The van der Waals surface area contributed by atoms with Gasteiger partial charge in [0.05, 0.1) is 17.9 Å². The Morgan fingerprint density at radius 1 is 1.24 bits per heavy atom. The van der Waals surface area contributed by atoms with E-state index in [-0.39, 0.29) is 17.9 Å². The molecule has 10 heteroatoms. The minimum atomic E-state index is -4.49. The molecule has 132 valence electrons. The van der Waals surface area contributed by atoms with Crippen molar-refractivity contribution in [2.24, 2.45) is 0 Å². The van der Waals surface area contributed by atoms with Gasteiger partial charge in [0.25, 0.3) is 0 Å². The summed E-state index contributed by atoms with van der Waals surface area (Å²) in [5.41, 5.74) is -0.189. The molecule has 7 nitrogen and oxygen atoms in total. The van der Waals surface area contributed by atoms with Gasteiger partial charge in [0.1, 0.15) is 5.69 Å². The van der Waals surface area contributed by atoms with Gasteiger partial charge in [-0.2, -0.15) is 18.3 Å². The number of hydrogen-bond acceptors (Lipinski definition) is 5. The molecule has 0 radical (unpaired) electrons. The molecule has 2 aliphatic heterocycles. The van der Waals surface area contributed by atoms with Crippen molar-refractivity contribution < 1.29 is 18.0 Å². The van der Waals surface area contributed by atoms with Crippen molar-refractivity contribution in [3.63, 3.8) is 0 Å². The predicted molar refractivity (Wildman–Crippen MR) is 82.1 cm³/mol. The van der Waals surface area contributed by atoms with Gasteiger partial charge < -0.3 is 9.80 Å². The summed E-state index contributed by atoms with van der Waals surface area (Å²) in [5, 5.41) is 4.28. The van der Waals surface area contributed by atoms with Gasteiger partial charge in [-0.15, -0.1) is 0 Å². The lowest BCUT2D eigenvalue weighted by Crippen LogP contribution is -2.49. The van der Waals surface area contributed by atoms with Gasteiger partial charge in [0.15, 0.2) is 0 Å². The maximum atomic E-state index is 12.7. The molecule has 25 heavy (non-hydrogen) atoms. The molecule has 0 spiro atoms. The lowest BCUT2D eigenvalue weighted by molar-refractivity contribution is -0.141. The Hall–Kier alpha value is -2.65. The molecular weight excluding hydrogens is 337 g/mol. The Kier molecular flexibility index (Phi) is 3.62. The van der Waals surface area contributed by atoms with Crippen molar-refractivity contribution in [1.82, 2.24) is 19.7 Å². The highest BCUT2D eigenvalue weighted by atomic mass is 19.4. The summed E-state index contributed by atoms with van der Waals surface area (Å²) < 4.78 is 39.9. The molecule has 1 amide bonds. The van der Waals surface area contributed by atoms with Crippen molar-refractivity contribution >= 4 is 17.5 Å². The summed E-state index contributed by atoms with van der Waals surface area (Å²) in [6, 6.07) is 0.873. The zero-order valence-electron chi connectivity index (χ0n) is 13.1. The quantitative estimate of drug-likeness (QED) is 0.844. The number of aromatic nitrogens is 4. The highest BCUT2D eigenvalue weighted by Crippen LogP contribution is 2.31. The van der Waals surface area contributed by atoms with Crippen LogP contribution in [-0.2, 0) is 11.0 Å². The van der Waals surface area contributed by atoms with Gasteiger partial charge in [-0.3, -0.25) is 9.48 Å². The second-order valence-corrected chi connectivity index (χ2v) is 6.13. The fraction of sp³-hybridized carbons (Fsp3) is 0.467. The van der Waals surface area contributed by atoms with E-state index in [0.29, 0.717) is 26.1 Å². The van der Waals surface area contributed by atoms with Gasteiger partial charge >= 0.3 is 6.18 Å². The average molecular weight is 352 g/mol. The van der Waals surface area contributed by atoms with Gasteiger partial charge in [-0.1, -0.05) is 0 Å². The highest BCUT2D eigenvalue weighted by Gasteiger charge is 2.36. The average Bonchev–Trinajstić information content (AvgIpc) is 3.14. The van der Waals surface area contributed by atoms with E-state index < -0.39 is 11.9 Å². The minimum absolute atomic E-state index is 0.0181. The zero-order chi connectivity index (χ0) is 17.6. The molecule has 2 aromatic rings. The molecule has 4 rings (SSSR count). The maximum Gasteiger partial charge on any atom is 0.433 e. The number of alkyl halides is 3. The Bertz CT molecular complexity index is 799. The van der Waals surface area contributed by atoms with Gasteiger partial charge in [0, 0.05) is 38.4 Å². The van der Waals surface area contributed by atoms with Crippen LogP contribution in [0.1, 0.15) is 24.6 Å². The third kappa shape index (κ3) is 2.92. The van der Waals surface area contributed by atoms with Crippen LogP contribution in [0.5, 0.6) is 0 Å². The van der Waals surface area contributed by atoms with Crippen LogP contribution in [0.4, 0.5) is 24.8 Å². The summed E-state index contributed by atoms with van der Waals surface area (Å²) in [4.78, 5) is 22.6. The van der Waals surface area contributed by atoms with Crippen LogP contribution in [0.3, 0.4) is 0 Å². The lowest BCUT2D eigenvalue weighted by atomic mass is 10.1. The van der Waals surface area contributed by atoms with E-state index in [1.165, 1.54) is 0 Å². The molecule has 0 saturated carbocycles. The van der Waals surface area contributed by atoms with Crippen LogP contribution in [-0.4, -0.2) is 45.3 Å². The predicted octanol–water partition coefficient (Wildman–Crippen LogP) is 1.88. The molecule has 0 N–H and O–H groups in total. The van der Waals surface area contributed by atoms with Crippen LogP contribution in [0, 0.1) is 0 Å². The zero-order valence-corrected chi connectivity index (χ0v) is 13.1. The second-order valence-electron chi connectivity index (χ2n) is 6.13. The molecule has 0 atom stereocenters. The number of anilines is 2. The van der Waals surface area contributed by atoms with Crippen LogP contribution in [0.15, 0.2) is 24.7 Å². The number of nitrogens with zero attached hydrogens (tertiary/aromatic N) is 6. The van der Waals surface area contributed by atoms with E-state index in [4.69, 9.17) is 0 Å². The van der Waals surface area contributed by atoms with Crippen LogP contribution >= 0.6 is 0 Å². The minimum Gasteiger partial charge on any atom is -0.336 e. The Morgan fingerprint density at radius 2 is 2.04 bits per heavy atom. The molecule has 4 heterocycles. The van der Waals surface area contributed by atoms with E-state index in [2.05, 4.69) is 15.1 Å². The molecule has 2 aliphatic rings. The SMILES string of the molecule is O=C1CCCN1c1cnn(C2CN(c3nccc(C(F)(F)F)n3)C2)c1. The Labute approximate surface area is 141 Å². The smallest absolute Gasteiger partial charge is 0.336 e. The number of rotatable bonds is 3. The van der Waals surface area contributed by atoms with Crippen LogP contribution in [0.25, 0.3) is 0 Å². The number of carbonyl (C=O) groups excluding carboxylic acids is 1. The standard InChI is InChI=1S/C15H15F3N6O/c16-15(17,18)12-3-4-19-14(21-12)22-7-11(8-22)24-9-10(6-20-24)23-5-1-2-13(23)25/h3-4,6,9,11H,1-2,5,7-8H2.